The van der Waals surface area contributed by atoms with Crippen LogP contribution in [0.2, 0.25) is 0 Å². The highest BCUT2D eigenvalue weighted by Crippen LogP contribution is 2.23. The number of anilines is 1. The number of benzene rings is 1. The summed E-state index contributed by atoms with van der Waals surface area (Å²) < 4.78 is 5.31. The van der Waals surface area contributed by atoms with Crippen LogP contribution in [0.1, 0.15) is 39.2 Å². The highest BCUT2D eigenvalue weighted by Gasteiger charge is 2.42. The van der Waals surface area contributed by atoms with Gasteiger partial charge in [-0.25, -0.2) is 0 Å². The van der Waals surface area contributed by atoms with Crippen LogP contribution in [0.4, 0.5) is 5.69 Å². The van der Waals surface area contributed by atoms with Crippen LogP contribution in [0.5, 0.6) is 0 Å². The van der Waals surface area contributed by atoms with E-state index in [9.17, 15) is 24.0 Å². The van der Waals surface area contributed by atoms with Gasteiger partial charge < -0.3 is 10.1 Å². The van der Waals surface area contributed by atoms with E-state index < -0.39 is 35.3 Å². The van der Waals surface area contributed by atoms with E-state index in [2.05, 4.69) is 10.6 Å². The molecule has 0 saturated carbocycles. The average Bonchev–Trinajstić information content (AvgIpc) is 2.87. The van der Waals surface area contributed by atoms with Gasteiger partial charge in [0.2, 0.25) is 11.8 Å². The molecule has 1 fully saturated rings. The van der Waals surface area contributed by atoms with Crippen LogP contribution < -0.4 is 10.6 Å². The van der Waals surface area contributed by atoms with Crippen molar-refractivity contribution in [1.82, 2.24) is 10.2 Å². The Kier molecular flexibility index (Phi) is 5.73. The molecule has 2 N–H and O–H groups in total. The molecule has 0 aromatic heterocycles. The summed E-state index contributed by atoms with van der Waals surface area (Å²) in [6.07, 6.45) is 1.32. The first-order valence-electron chi connectivity index (χ1n) is 9.54. The molecule has 2 heterocycles. The van der Waals surface area contributed by atoms with E-state index in [1.165, 1.54) is 0 Å². The first kappa shape index (κ1) is 21.2. The number of rotatable bonds is 5. The summed E-state index contributed by atoms with van der Waals surface area (Å²) in [6.45, 7) is 5.35. The molecule has 3 rings (SSSR count). The van der Waals surface area contributed by atoms with Gasteiger partial charge in [0.05, 0.1) is 6.42 Å². The fourth-order valence-corrected chi connectivity index (χ4v) is 3.26. The molecular formula is C21H23N3O6. The van der Waals surface area contributed by atoms with Crippen molar-refractivity contribution in [1.29, 1.82) is 0 Å². The Bertz CT molecular complexity index is 960. The van der Waals surface area contributed by atoms with E-state index in [1.807, 2.05) is 0 Å². The van der Waals surface area contributed by atoms with Gasteiger partial charge in [-0.2, -0.15) is 0 Å². The quantitative estimate of drug-likeness (QED) is 0.546. The number of carbonyl (C=O) groups excluding carboxylic acids is 5. The third-order valence-electron chi connectivity index (χ3n) is 4.45. The van der Waals surface area contributed by atoms with E-state index in [1.54, 1.807) is 45.0 Å². The van der Waals surface area contributed by atoms with Gasteiger partial charge in [-0.05, 0) is 44.9 Å². The minimum Gasteiger partial charge on any atom is -0.460 e. The molecule has 9 nitrogen and oxygen atoms in total. The number of ether oxygens (including phenoxy) is 1. The molecule has 1 aromatic carbocycles. The first-order valence-corrected chi connectivity index (χ1v) is 9.54. The molecule has 2 aliphatic heterocycles. The van der Waals surface area contributed by atoms with Crippen LogP contribution in [0.25, 0.3) is 0 Å². The highest BCUT2D eigenvalue weighted by atomic mass is 16.6. The number of carbonyl (C=O) groups is 5. The molecule has 1 unspecified atom stereocenters. The molecule has 158 valence electrons. The average molecular weight is 413 g/mol. The molecule has 1 saturated heterocycles. The van der Waals surface area contributed by atoms with Crippen LogP contribution in [0.3, 0.4) is 0 Å². The van der Waals surface area contributed by atoms with Gasteiger partial charge in [-0.3, -0.25) is 34.2 Å². The number of imide groups is 2. The minimum absolute atomic E-state index is 0.0131. The normalized spacial score (nSPS) is 19.5. The minimum atomic E-state index is -1.02. The van der Waals surface area contributed by atoms with Crippen molar-refractivity contribution in [3.8, 4) is 0 Å². The Morgan fingerprint density at radius 1 is 1.23 bits per heavy atom. The summed E-state index contributed by atoms with van der Waals surface area (Å²) in [6, 6.07) is 5.81. The van der Waals surface area contributed by atoms with Crippen molar-refractivity contribution in [2.75, 3.05) is 5.32 Å². The molecule has 0 aliphatic carbocycles. The zero-order valence-corrected chi connectivity index (χ0v) is 17.0. The van der Waals surface area contributed by atoms with Crippen molar-refractivity contribution in [3.05, 3.63) is 41.6 Å². The Hall–Kier alpha value is -3.49. The largest absolute Gasteiger partial charge is 0.460 e. The van der Waals surface area contributed by atoms with Gasteiger partial charge in [-0.1, -0.05) is 12.1 Å². The van der Waals surface area contributed by atoms with Crippen molar-refractivity contribution < 1.29 is 28.7 Å². The molecule has 1 atom stereocenters. The first-order chi connectivity index (χ1) is 14.0. The third kappa shape index (κ3) is 4.91. The second-order valence-corrected chi connectivity index (χ2v) is 8.13. The summed E-state index contributed by atoms with van der Waals surface area (Å²) >= 11 is 0. The maximum atomic E-state index is 12.7. The summed E-state index contributed by atoms with van der Waals surface area (Å²) in [7, 11) is 0. The lowest BCUT2D eigenvalue weighted by Crippen LogP contribution is -2.54. The van der Waals surface area contributed by atoms with Gasteiger partial charge >= 0.3 is 5.97 Å². The van der Waals surface area contributed by atoms with Gasteiger partial charge in [-0.15, -0.1) is 0 Å². The summed E-state index contributed by atoms with van der Waals surface area (Å²) in [5.41, 5.74) is 0.606. The van der Waals surface area contributed by atoms with E-state index in [-0.39, 0.29) is 30.9 Å². The molecule has 0 spiro atoms. The molecule has 1 aromatic rings. The van der Waals surface area contributed by atoms with Gasteiger partial charge in [0.25, 0.3) is 11.8 Å². The number of amides is 4. The fraction of sp³-hybridized carbons (Fsp3) is 0.381. The SMILES string of the molecule is CC(C)(C)OC(=O)Cc1cccc(NC2=CC(=O)N(C3CCC(=O)NC3=O)C2=O)c1. The Morgan fingerprint density at radius 3 is 2.63 bits per heavy atom. The second-order valence-electron chi connectivity index (χ2n) is 8.13. The standard InChI is InChI=1S/C21H23N3O6/c1-21(2,3)30-18(27)10-12-5-4-6-13(9-12)22-14-11-17(26)24(20(14)29)15-7-8-16(25)23-19(15)28/h4-6,9,11,15,22H,7-8,10H2,1-3H3,(H,23,25,28). The predicted molar refractivity (Wildman–Crippen MR) is 106 cm³/mol. The molecular weight excluding hydrogens is 390 g/mol. The topological polar surface area (TPSA) is 122 Å². The number of piperidine rings is 1. The Labute approximate surface area is 173 Å². The van der Waals surface area contributed by atoms with Crippen LogP contribution in [-0.2, 0) is 35.1 Å². The second kappa shape index (κ2) is 8.10. The van der Waals surface area contributed by atoms with Crippen LogP contribution in [0.15, 0.2) is 36.0 Å². The van der Waals surface area contributed by atoms with E-state index in [0.717, 1.165) is 11.0 Å². The summed E-state index contributed by atoms with van der Waals surface area (Å²) in [4.78, 5) is 61.2. The zero-order chi connectivity index (χ0) is 22.1. The number of hydrogen-bond acceptors (Lipinski definition) is 7. The molecule has 0 radical (unpaired) electrons. The lowest BCUT2D eigenvalue weighted by atomic mass is 10.0. The van der Waals surface area contributed by atoms with E-state index >= 15 is 0 Å². The van der Waals surface area contributed by atoms with Crippen molar-refractivity contribution in [3.63, 3.8) is 0 Å². The zero-order valence-electron chi connectivity index (χ0n) is 17.0. The lowest BCUT2D eigenvalue weighted by molar-refractivity contribution is -0.154. The van der Waals surface area contributed by atoms with Crippen LogP contribution >= 0.6 is 0 Å². The number of nitrogens with zero attached hydrogens (tertiary/aromatic N) is 1. The van der Waals surface area contributed by atoms with Crippen molar-refractivity contribution in [2.45, 2.75) is 51.7 Å². The molecule has 4 amide bonds. The maximum absolute atomic E-state index is 12.7. The van der Waals surface area contributed by atoms with Gasteiger partial charge in [0, 0.05) is 18.2 Å². The number of nitrogens with one attached hydrogen (secondary N) is 2. The molecule has 0 bridgehead atoms. The predicted octanol–water partition coefficient (Wildman–Crippen LogP) is 1.04. The van der Waals surface area contributed by atoms with Crippen molar-refractivity contribution >= 4 is 35.3 Å². The maximum Gasteiger partial charge on any atom is 0.310 e. The molecule has 30 heavy (non-hydrogen) atoms. The Balaban J connectivity index is 1.68. The number of esters is 1. The third-order valence-corrected chi connectivity index (χ3v) is 4.45. The monoisotopic (exact) mass is 413 g/mol. The smallest absolute Gasteiger partial charge is 0.310 e. The molecule has 9 heteroatoms. The highest BCUT2D eigenvalue weighted by molar-refractivity contribution is 6.20. The van der Waals surface area contributed by atoms with Gasteiger partial charge in [0.1, 0.15) is 17.3 Å². The van der Waals surface area contributed by atoms with E-state index in [4.69, 9.17) is 4.74 Å². The Morgan fingerprint density at radius 2 is 1.97 bits per heavy atom. The molecule has 2 aliphatic rings. The lowest BCUT2D eigenvalue weighted by Gasteiger charge is -2.28. The summed E-state index contributed by atoms with van der Waals surface area (Å²) in [5.74, 6) is -2.74. The van der Waals surface area contributed by atoms with Crippen LogP contribution in [0, 0.1) is 0 Å². The van der Waals surface area contributed by atoms with Crippen LogP contribution in [-0.4, -0.2) is 46.1 Å². The van der Waals surface area contributed by atoms with Crippen molar-refractivity contribution in [2.24, 2.45) is 0 Å². The number of hydrogen-bond donors (Lipinski definition) is 2. The summed E-state index contributed by atoms with van der Waals surface area (Å²) in [5, 5.41) is 5.02. The fourth-order valence-electron chi connectivity index (χ4n) is 3.26. The van der Waals surface area contributed by atoms with Gasteiger partial charge in [0.15, 0.2) is 0 Å². The van der Waals surface area contributed by atoms with E-state index in [0.29, 0.717) is 11.3 Å².